The second kappa shape index (κ2) is 12.0. The molecule has 1 aliphatic rings. The van der Waals surface area contributed by atoms with E-state index < -0.39 is 29.9 Å². The number of ketones is 1. The Kier molecular flexibility index (Phi) is 8.56. The highest BCUT2D eigenvalue weighted by molar-refractivity contribution is 5.99. The maximum absolute atomic E-state index is 12.9. The van der Waals surface area contributed by atoms with Crippen molar-refractivity contribution in [1.29, 1.82) is 0 Å². The van der Waals surface area contributed by atoms with E-state index in [9.17, 15) is 14.7 Å². The lowest BCUT2D eigenvalue weighted by Crippen LogP contribution is -2.29. The van der Waals surface area contributed by atoms with Crippen molar-refractivity contribution in [2.75, 3.05) is 13.7 Å². The minimum atomic E-state index is -0.730. The molecule has 0 bridgehead atoms. The number of aromatic hydroxyl groups is 1. The van der Waals surface area contributed by atoms with E-state index in [0.29, 0.717) is 12.5 Å². The third-order valence-corrected chi connectivity index (χ3v) is 6.55. The lowest BCUT2D eigenvalue weighted by atomic mass is 9.99. The van der Waals surface area contributed by atoms with Crippen LogP contribution in [0.1, 0.15) is 55.3 Å². The first-order valence-electron chi connectivity index (χ1n) is 12.6. The lowest BCUT2D eigenvalue weighted by Gasteiger charge is -2.26. The van der Waals surface area contributed by atoms with Crippen molar-refractivity contribution in [3.05, 3.63) is 78.1 Å². The second-order valence-electron chi connectivity index (χ2n) is 9.57. The summed E-state index contributed by atoms with van der Waals surface area (Å²) < 4.78 is 17.1. The average molecular weight is 504 g/mol. The molecule has 1 saturated carbocycles. The highest BCUT2D eigenvalue weighted by Gasteiger charge is 2.30. The SMILES string of the molecule is COc1ccnc(C(=O)C[C@@H](C)C(=O)O[C@@H](C)[C@H](OCC2CC2)c2ccc(-c3ccccc3)cc2)c1O. The van der Waals surface area contributed by atoms with Gasteiger partial charge in [0.15, 0.2) is 23.0 Å². The van der Waals surface area contributed by atoms with E-state index in [4.69, 9.17) is 14.2 Å². The number of benzene rings is 2. The third-order valence-electron chi connectivity index (χ3n) is 6.55. The Labute approximate surface area is 217 Å². The van der Waals surface area contributed by atoms with Crippen molar-refractivity contribution < 1.29 is 28.9 Å². The van der Waals surface area contributed by atoms with Gasteiger partial charge in [0.2, 0.25) is 0 Å². The number of rotatable bonds is 12. The number of hydrogen-bond donors (Lipinski definition) is 1. The van der Waals surface area contributed by atoms with Gasteiger partial charge in [0.1, 0.15) is 12.2 Å². The molecule has 3 atom stereocenters. The molecule has 194 valence electrons. The van der Waals surface area contributed by atoms with Crippen molar-refractivity contribution >= 4 is 11.8 Å². The fourth-order valence-electron chi connectivity index (χ4n) is 4.15. The molecule has 37 heavy (non-hydrogen) atoms. The fourth-order valence-corrected chi connectivity index (χ4v) is 4.15. The van der Waals surface area contributed by atoms with E-state index in [1.165, 1.54) is 19.4 Å². The largest absolute Gasteiger partial charge is 0.503 e. The molecule has 3 aromatic rings. The first-order chi connectivity index (χ1) is 17.9. The summed E-state index contributed by atoms with van der Waals surface area (Å²) in [5.41, 5.74) is 3.02. The van der Waals surface area contributed by atoms with Gasteiger partial charge in [0.05, 0.1) is 19.6 Å². The van der Waals surface area contributed by atoms with Crippen LogP contribution in [0.4, 0.5) is 0 Å². The summed E-state index contributed by atoms with van der Waals surface area (Å²) in [4.78, 5) is 29.6. The smallest absolute Gasteiger partial charge is 0.309 e. The first kappa shape index (κ1) is 26.4. The van der Waals surface area contributed by atoms with E-state index in [-0.39, 0.29) is 23.6 Å². The number of nitrogens with zero attached hydrogens (tertiary/aromatic N) is 1. The Hall–Kier alpha value is -3.71. The average Bonchev–Trinajstić information content (AvgIpc) is 3.74. The molecule has 1 fully saturated rings. The van der Waals surface area contributed by atoms with E-state index in [0.717, 1.165) is 29.5 Å². The van der Waals surface area contributed by atoms with Crippen LogP contribution in [-0.2, 0) is 14.3 Å². The molecule has 0 radical (unpaired) electrons. The van der Waals surface area contributed by atoms with Gasteiger partial charge < -0.3 is 19.3 Å². The predicted molar refractivity (Wildman–Crippen MR) is 139 cm³/mol. The number of aromatic nitrogens is 1. The minimum absolute atomic E-state index is 0.129. The molecule has 1 aromatic heterocycles. The van der Waals surface area contributed by atoms with Crippen LogP contribution in [0.25, 0.3) is 11.1 Å². The number of carbonyl (C=O) groups excluding carboxylic acids is 2. The Morgan fingerprint density at radius 2 is 1.68 bits per heavy atom. The normalized spacial score (nSPS) is 15.4. The van der Waals surface area contributed by atoms with E-state index >= 15 is 0 Å². The highest BCUT2D eigenvalue weighted by Crippen LogP contribution is 2.34. The molecule has 1 N–H and O–H groups in total. The summed E-state index contributed by atoms with van der Waals surface area (Å²) in [6.07, 6.45) is 2.53. The molecular formula is C30H33NO6. The molecule has 0 aliphatic heterocycles. The Balaban J connectivity index is 1.42. The summed E-state index contributed by atoms with van der Waals surface area (Å²) in [6.45, 7) is 4.05. The first-order valence-corrected chi connectivity index (χ1v) is 12.6. The van der Waals surface area contributed by atoms with Gasteiger partial charge in [-0.2, -0.15) is 0 Å². The number of pyridine rings is 1. The molecular weight excluding hydrogens is 470 g/mol. The molecule has 0 spiro atoms. The van der Waals surface area contributed by atoms with E-state index in [2.05, 4.69) is 17.1 Å². The van der Waals surface area contributed by atoms with Gasteiger partial charge in [-0.25, -0.2) is 4.98 Å². The van der Waals surface area contributed by atoms with Crippen LogP contribution in [0.5, 0.6) is 11.5 Å². The van der Waals surface area contributed by atoms with Crippen molar-refractivity contribution in [2.24, 2.45) is 11.8 Å². The lowest BCUT2D eigenvalue weighted by molar-refractivity contribution is -0.161. The van der Waals surface area contributed by atoms with Crippen LogP contribution >= 0.6 is 0 Å². The molecule has 2 aromatic carbocycles. The molecule has 4 rings (SSSR count). The topological polar surface area (TPSA) is 95.0 Å². The van der Waals surface area contributed by atoms with Gasteiger partial charge >= 0.3 is 5.97 Å². The van der Waals surface area contributed by atoms with Crippen LogP contribution in [0.3, 0.4) is 0 Å². The highest BCUT2D eigenvalue weighted by atomic mass is 16.6. The van der Waals surface area contributed by atoms with Gasteiger partial charge in [-0.05, 0) is 42.4 Å². The van der Waals surface area contributed by atoms with Gasteiger partial charge in [-0.1, -0.05) is 61.5 Å². The number of carbonyl (C=O) groups is 2. The molecule has 7 heteroatoms. The summed E-state index contributed by atoms with van der Waals surface area (Å²) in [7, 11) is 1.39. The van der Waals surface area contributed by atoms with Crippen LogP contribution in [0, 0.1) is 11.8 Å². The Bertz CT molecular complexity index is 1210. The second-order valence-corrected chi connectivity index (χ2v) is 9.57. The van der Waals surface area contributed by atoms with Crippen LogP contribution in [-0.4, -0.2) is 41.7 Å². The monoisotopic (exact) mass is 503 g/mol. The zero-order valence-electron chi connectivity index (χ0n) is 21.4. The Morgan fingerprint density at radius 1 is 1.00 bits per heavy atom. The molecule has 0 saturated heterocycles. The number of hydrogen-bond acceptors (Lipinski definition) is 7. The van der Waals surface area contributed by atoms with E-state index in [1.54, 1.807) is 6.92 Å². The zero-order chi connectivity index (χ0) is 26.4. The summed E-state index contributed by atoms with van der Waals surface area (Å²) in [5.74, 6) is -1.34. The molecule has 0 amide bonds. The van der Waals surface area contributed by atoms with Crippen LogP contribution in [0.15, 0.2) is 66.9 Å². The van der Waals surface area contributed by atoms with Crippen molar-refractivity contribution in [3.63, 3.8) is 0 Å². The number of esters is 1. The number of ether oxygens (including phenoxy) is 3. The maximum Gasteiger partial charge on any atom is 0.309 e. The van der Waals surface area contributed by atoms with Gasteiger partial charge in [-0.15, -0.1) is 0 Å². The summed E-state index contributed by atoms with van der Waals surface area (Å²) in [6, 6.07) is 19.7. The summed E-state index contributed by atoms with van der Waals surface area (Å²) in [5, 5.41) is 10.2. The fraction of sp³-hybridized carbons (Fsp3) is 0.367. The number of Topliss-reactive ketones (excluding diaryl/α,β-unsaturated/α-hetero) is 1. The molecule has 1 aliphatic carbocycles. The maximum atomic E-state index is 12.9. The van der Waals surface area contributed by atoms with Crippen LogP contribution < -0.4 is 4.74 Å². The van der Waals surface area contributed by atoms with Crippen molar-refractivity contribution in [3.8, 4) is 22.6 Å². The molecule has 7 nitrogen and oxygen atoms in total. The quantitative estimate of drug-likeness (QED) is 0.248. The van der Waals surface area contributed by atoms with Crippen molar-refractivity contribution in [1.82, 2.24) is 4.98 Å². The Morgan fingerprint density at radius 3 is 2.32 bits per heavy atom. The van der Waals surface area contributed by atoms with Crippen molar-refractivity contribution in [2.45, 2.75) is 45.3 Å². The predicted octanol–water partition coefficient (Wildman–Crippen LogP) is 5.77. The van der Waals surface area contributed by atoms with Gasteiger partial charge in [0, 0.05) is 18.7 Å². The minimum Gasteiger partial charge on any atom is -0.503 e. The van der Waals surface area contributed by atoms with Crippen LogP contribution in [0.2, 0.25) is 0 Å². The summed E-state index contributed by atoms with van der Waals surface area (Å²) >= 11 is 0. The molecule has 1 heterocycles. The number of methoxy groups -OCH3 is 1. The van der Waals surface area contributed by atoms with E-state index in [1.807, 2.05) is 49.4 Å². The molecule has 0 unspecified atom stereocenters. The zero-order valence-corrected chi connectivity index (χ0v) is 21.4. The van der Waals surface area contributed by atoms with Gasteiger partial charge in [0.25, 0.3) is 0 Å². The van der Waals surface area contributed by atoms with Gasteiger partial charge in [-0.3, -0.25) is 9.59 Å². The standard InChI is InChI=1S/C30H33NO6/c1-19(17-25(32)27-28(33)26(35-3)15-16-31-27)30(34)37-20(2)29(36-18-21-9-10-21)24-13-11-23(12-14-24)22-7-5-4-6-8-22/h4-8,11-16,19-21,29,33H,9-10,17-18H2,1-3H3/t19-,20+,29+/m1/s1. The third kappa shape index (κ3) is 6.74.